The summed E-state index contributed by atoms with van der Waals surface area (Å²) in [5.74, 6) is 1.80. The molecule has 2 unspecified atom stereocenters. The van der Waals surface area contributed by atoms with Gasteiger partial charge in [0.05, 0.1) is 0 Å². The Morgan fingerprint density at radius 2 is 2.00 bits per heavy atom. The molecule has 0 saturated carbocycles. The average molecular weight is 141 g/mol. The van der Waals surface area contributed by atoms with Crippen LogP contribution in [0, 0.1) is 11.8 Å². The fraction of sp³-hybridized carbons (Fsp3) is 1.00. The number of hydrogen-bond acceptors (Lipinski definition) is 1. The van der Waals surface area contributed by atoms with E-state index in [0.29, 0.717) is 0 Å². The van der Waals surface area contributed by atoms with Gasteiger partial charge in [-0.25, -0.2) is 0 Å². The Morgan fingerprint density at radius 3 is 2.20 bits per heavy atom. The molecule has 1 fully saturated rings. The number of hydrogen-bond donors (Lipinski definition) is 0. The molecule has 0 bridgehead atoms. The van der Waals surface area contributed by atoms with Gasteiger partial charge in [-0.05, 0) is 38.8 Å². The normalized spacial score (nSPS) is 35.7. The van der Waals surface area contributed by atoms with Gasteiger partial charge >= 0.3 is 0 Å². The zero-order valence-electron chi connectivity index (χ0n) is 7.59. The monoisotopic (exact) mass is 141 g/mol. The summed E-state index contributed by atoms with van der Waals surface area (Å²) in [6.45, 7) is 8.31. The second-order valence-electron chi connectivity index (χ2n) is 3.92. The molecule has 1 heteroatoms. The summed E-state index contributed by atoms with van der Waals surface area (Å²) in [5, 5.41) is 0. The highest BCUT2D eigenvalue weighted by atomic mass is 15.1. The van der Waals surface area contributed by atoms with E-state index in [2.05, 4.69) is 32.7 Å². The van der Waals surface area contributed by atoms with Gasteiger partial charge in [-0.2, -0.15) is 0 Å². The van der Waals surface area contributed by atoms with Crippen LogP contribution in [-0.2, 0) is 0 Å². The van der Waals surface area contributed by atoms with E-state index in [1.54, 1.807) is 0 Å². The Labute approximate surface area is 64.4 Å². The Kier molecular flexibility index (Phi) is 2.35. The fourth-order valence-electron chi connectivity index (χ4n) is 2.01. The van der Waals surface area contributed by atoms with Crippen molar-refractivity contribution in [3.8, 4) is 0 Å². The maximum absolute atomic E-state index is 2.46. The maximum atomic E-state index is 2.46. The lowest BCUT2D eigenvalue weighted by Crippen LogP contribution is -2.27. The second kappa shape index (κ2) is 2.91. The number of rotatable bonds is 1. The third-order valence-corrected chi connectivity index (χ3v) is 2.99. The van der Waals surface area contributed by atoms with Crippen molar-refractivity contribution in [3.05, 3.63) is 0 Å². The van der Waals surface area contributed by atoms with Crippen LogP contribution in [0.15, 0.2) is 0 Å². The lowest BCUT2D eigenvalue weighted by molar-refractivity contribution is 0.255. The predicted molar refractivity (Wildman–Crippen MR) is 45.0 cm³/mol. The average Bonchev–Trinajstić information content (AvgIpc) is 2.14. The van der Waals surface area contributed by atoms with Gasteiger partial charge in [-0.1, -0.05) is 13.8 Å². The molecule has 2 atom stereocenters. The zero-order chi connectivity index (χ0) is 7.72. The van der Waals surface area contributed by atoms with Crippen molar-refractivity contribution in [2.24, 2.45) is 11.8 Å². The van der Waals surface area contributed by atoms with Crippen LogP contribution in [0.1, 0.15) is 27.2 Å². The lowest BCUT2D eigenvalue weighted by Gasteiger charge is -2.22. The Balaban J connectivity index is 2.49. The minimum Gasteiger partial charge on any atom is -0.303 e. The first-order valence-electron chi connectivity index (χ1n) is 4.33. The molecule has 1 rings (SSSR count). The molecule has 0 amide bonds. The molecular weight excluding hydrogens is 122 g/mol. The SMILES string of the molecule is CC(C)C1CCN(C)C1C. The van der Waals surface area contributed by atoms with E-state index in [0.717, 1.165) is 17.9 Å². The molecule has 0 aromatic rings. The van der Waals surface area contributed by atoms with Crippen LogP contribution >= 0.6 is 0 Å². The molecule has 0 aromatic carbocycles. The van der Waals surface area contributed by atoms with E-state index in [4.69, 9.17) is 0 Å². The molecule has 0 aliphatic carbocycles. The Morgan fingerprint density at radius 1 is 1.40 bits per heavy atom. The minimum atomic E-state index is 0.806. The largest absolute Gasteiger partial charge is 0.303 e. The Hall–Kier alpha value is -0.0400. The molecule has 1 saturated heterocycles. The van der Waals surface area contributed by atoms with Gasteiger partial charge in [0, 0.05) is 6.04 Å². The molecule has 1 nitrogen and oxygen atoms in total. The van der Waals surface area contributed by atoms with E-state index in [1.165, 1.54) is 13.0 Å². The first-order chi connectivity index (χ1) is 4.63. The molecule has 0 spiro atoms. The van der Waals surface area contributed by atoms with Gasteiger partial charge in [0.25, 0.3) is 0 Å². The van der Waals surface area contributed by atoms with Crippen LogP contribution in [0.2, 0.25) is 0 Å². The summed E-state index contributed by atoms with van der Waals surface area (Å²) in [4.78, 5) is 2.46. The van der Waals surface area contributed by atoms with Crippen LogP contribution in [-0.4, -0.2) is 24.5 Å². The van der Waals surface area contributed by atoms with Crippen LogP contribution < -0.4 is 0 Å². The molecule has 1 aliphatic heterocycles. The van der Waals surface area contributed by atoms with Crippen LogP contribution in [0.3, 0.4) is 0 Å². The van der Waals surface area contributed by atoms with Crippen molar-refractivity contribution in [2.45, 2.75) is 33.2 Å². The molecule has 0 N–H and O–H groups in total. The maximum Gasteiger partial charge on any atom is 0.00950 e. The Bertz CT molecular complexity index is 109. The van der Waals surface area contributed by atoms with Crippen LogP contribution in [0.4, 0.5) is 0 Å². The molecule has 60 valence electrons. The van der Waals surface area contributed by atoms with Crippen LogP contribution in [0.5, 0.6) is 0 Å². The van der Waals surface area contributed by atoms with E-state index in [9.17, 15) is 0 Å². The van der Waals surface area contributed by atoms with Gasteiger partial charge in [0.2, 0.25) is 0 Å². The van der Waals surface area contributed by atoms with Crippen molar-refractivity contribution in [1.82, 2.24) is 4.90 Å². The first-order valence-corrected chi connectivity index (χ1v) is 4.33. The molecule has 1 heterocycles. The number of nitrogens with zero attached hydrogens (tertiary/aromatic N) is 1. The van der Waals surface area contributed by atoms with E-state index < -0.39 is 0 Å². The van der Waals surface area contributed by atoms with Gasteiger partial charge in [-0.15, -0.1) is 0 Å². The number of likely N-dealkylation sites (tertiary alicyclic amines) is 1. The summed E-state index contributed by atoms with van der Waals surface area (Å²) in [6.07, 6.45) is 1.40. The summed E-state index contributed by atoms with van der Waals surface area (Å²) in [6, 6.07) is 0.806. The highest BCUT2D eigenvalue weighted by molar-refractivity contribution is 4.83. The minimum absolute atomic E-state index is 0.806. The van der Waals surface area contributed by atoms with E-state index in [1.807, 2.05) is 0 Å². The first kappa shape index (κ1) is 8.06. The fourth-order valence-corrected chi connectivity index (χ4v) is 2.01. The van der Waals surface area contributed by atoms with Gasteiger partial charge in [-0.3, -0.25) is 0 Å². The van der Waals surface area contributed by atoms with Gasteiger partial charge in [0.1, 0.15) is 0 Å². The smallest absolute Gasteiger partial charge is 0.00950 e. The van der Waals surface area contributed by atoms with Crippen molar-refractivity contribution in [2.75, 3.05) is 13.6 Å². The summed E-state index contributed by atoms with van der Waals surface area (Å²) in [7, 11) is 2.23. The van der Waals surface area contributed by atoms with Crippen LogP contribution in [0.25, 0.3) is 0 Å². The van der Waals surface area contributed by atoms with Gasteiger partial charge in [0.15, 0.2) is 0 Å². The van der Waals surface area contributed by atoms with Crippen molar-refractivity contribution >= 4 is 0 Å². The van der Waals surface area contributed by atoms with Gasteiger partial charge < -0.3 is 4.90 Å². The second-order valence-corrected chi connectivity index (χ2v) is 3.92. The molecule has 1 aliphatic rings. The topological polar surface area (TPSA) is 3.24 Å². The zero-order valence-corrected chi connectivity index (χ0v) is 7.59. The third kappa shape index (κ3) is 1.34. The lowest BCUT2D eigenvalue weighted by atomic mass is 9.90. The predicted octanol–water partition coefficient (Wildman–Crippen LogP) is 1.98. The van der Waals surface area contributed by atoms with Crippen molar-refractivity contribution < 1.29 is 0 Å². The highest BCUT2D eigenvalue weighted by Crippen LogP contribution is 2.28. The summed E-state index contributed by atoms with van der Waals surface area (Å²) in [5.41, 5.74) is 0. The van der Waals surface area contributed by atoms with Crippen molar-refractivity contribution in [3.63, 3.8) is 0 Å². The third-order valence-electron chi connectivity index (χ3n) is 2.99. The standard InChI is InChI=1S/C9H19N/c1-7(2)9-5-6-10(4)8(9)3/h7-9H,5-6H2,1-4H3. The van der Waals surface area contributed by atoms with E-state index in [-0.39, 0.29) is 0 Å². The molecular formula is C9H19N. The highest BCUT2D eigenvalue weighted by Gasteiger charge is 2.29. The summed E-state index contributed by atoms with van der Waals surface area (Å²) >= 11 is 0. The molecule has 0 radical (unpaired) electrons. The molecule has 10 heavy (non-hydrogen) atoms. The molecule has 0 aromatic heterocycles. The van der Waals surface area contributed by atoms with E-state index >= 15 is 0 Å². The quantitative estimate of drug-likeness (QED) is 0.539. The van der Waals surface area contributed by atoms with Crippen molar-refractivity contribution in [1.29, 1.82) is 0 Å². The summed E-state index contributed by atoms with van der Waals surface area (Å²) < 4.78 is 0.